The molecule has 1 fully saturated rings. The van der Waals surface area contributed by atoms with E-state index in [0.717, 1.165) is 0 Å². The predicted octanol–water partition coefficient (Wildman–Crippen LogP) is 1.44. The van der Waals surface area contributed by atoms with E-state index in [-0.39, 0.29) is 18.8 Å². The average molecular weight is 317 g/mol. The highest BCUT2D eigenvalue weighted by Gasteiger charge is 2.40. The predicted molar refractivity (Wildman–Crippen MR) is 70.2 cm³/mol. The summed E-state index contributed by atoms with van der Waals surface area (Å²) in [7, 11) is 1.38. The van der Waals surface area contributed by atoms with Crippen LogP contribution in [0.1, 0.15) is 6.42 Å². The molecule has 120 valence electrons. The average Bonchev–Trinajstić information content (AvgIpc) is 2.79. The van der Waals surface area contributed by atoms with Gasteiger partial charge >= 0.3 is 6.18 Å². The van der Waals surface area contributed by atoms with Crippen LogP contribution in [-0.2, 0) is 9.59 Å². The molecule has 2 heterocycles. The molecule has 9 heteroatoms. The standard InChI is InChI=1S/C13H14F3N3O3/c1-22-12-9(3-2-4-17-12)18-11(21)8-5-10(20)19(6-8)7-13(14,15)16/h2-4,8H,5-7H2,1H3,(H,18,21)/t8-/m1/s1. The molecular formula is C13H14F3N3O3. The minimum Gasteiger partial charge on any atom is -0.480 e. The number of methoxy groups -OCH3 is 1. The molecule has 0 aliphatic carbocycles. The Morgan fingerprint density at radius 2 is 2.27 bits per heavy atom. The highest BCUT2D eigenvalue weighted by Crippen LogP contribution is 2.26. The normalized spacial score (nSPS) is 18.5. The number of aromatic nitrogens is 1. The Bertz CT molecular complexity index is 577. The summed E-state index contributed by atoms with van der Waals surface area (Å²) in [5.41, 5.74) is 0.303. The van der Waals surface area contributed by atoms with Crippen LogP contribution in [0.3, 0.4) is 0 Å². The quantitative estimate of drug-likeness (QED) is 0.912. The van der Waals surface area contributed by atoms with E-state index in [1.807, 2.05) is 0 Å². The van der Waals surface area contributed by atoms with Gasteiger partial charge in [0.25, 0.3) is 0 Å². The van der Waals surface area contributed by atoms with E-state index in [4.69, 9.17) is 4.74 Å². The summed E-state index contributed by atoms with van der Waals surface area (Å²) < 4.78 is 42.0. The number of carbonyl (C=O) groups is 2. The third-order valence-corrected chi connectivity index (χ3v) is 3.18. The first-order valence-corrected chi connectivity index (χ1v) is 6.44. The van der Waals surface area contributed by atoms with Crippen molar-refractivity contribution in [3.8, 4) is 5.88 Å². The van der Waals surface area contributed by atoms with Crippen LogP contribution in [0, 0.1) is 5.92 Å². The molecule has 1 aliphatic heterocycles. The zero-order valence-corrected chi connectivity index (χ0v) is 11.7. The van der Waals surface area contributed by atoms with Crippen LogP contribution in [-0.4, -0.2) is 48.1 Å². The fourth-order valence-corrected chi connectivity index (χ4v) is 2.20. The molecule has 1 aromatic rings. The molecule has 1 aliphatic rings. The summed E-state index contributed by atoms with van der Waals surface area (Å²) >= 11 is 0. The van der Waals surface area contributed by atoms with Gasteiger partial charge in [-0.1, -0.05) is 0 Å². The molecule has 1 N–H and O–H groups in total. The first-order chi connectivity index (χ1) is 10.3. The van der Waals surface area contributed by atoms with Gasteiger partial charge in [0.1, 0.15) is 12.2 Å². The fourth-order valence-electron chi connectivity index (χ4n) is 2.20. The maximum absolute atomic E-state index is 12.3. The minimum absolute atomic E-state index is 0.187. The third kappa shape index (κ3) is 3.86. The zero-order chi connectivity index (χ0) is 16.3. The number of halogens is 3. The van der Waals surface area contributed by atoms with Crippen molar-refractivity contribution in [3.63, 3.8) is 0 Å². The van der Waals surface area contributed by atoms with E-state index < -0.39 is 30.5 Å². The van der Waals surface area contributed by atoms with Crippen molar-refractivity contribution in [1.29, 1.82) is 0 Å². The number of ether oxygens (including phenoxy) is 1. The van der Waals surface area contributed by atoms with Crippen molar-refractivity contribution in [1.82, 2.24) is 9.88 Å². The Kier molecular flexibility index (Phi) is 4.53. The molecule has 1 saturated heterocycles. The number of anilines is 1. The van der Waals surface area contributed by atoms with E-state index in [1.54, 1.807) is 12.1 Å². The van der Waals surface area contributed by atoms with Crippen LogP contribution in [0.4, 0.5) is 18.9 Å². The van der Waals surface area contributed by atoms with E-state index in [1.165, 1.54) is 13.3 Å². The van der Waals surface area contributed by atoms with Crippen LogP contribution in [0.15, 0.2) is 18.3 Å². The number of alkyl halides is 3. The molecule has 1 aromatic heterocycles. The maximum atomic E-state index is 12.3. The summed E-state index contributed by atoms with van der Waals surface area (Å²) in [4.78, 5) is 28.2. The van der Waals surface area contributed by atoms with Crippen molar-refractivity contribution in [2.45, 2.75) is 12.6 Å². The lowest BCUT2D eigenvalue weighted by atomic mass is 10.1. The van der Waals surface area contributed by atoms with Crippen molar-refractivity contribution in [2.24, 2.45) is 5.92 Å². The Morgan fingerprint density at radius 1 is 1.55 bits per heavy atom. The fraction of sp³-hybridized carbons (Fsp3) is 0.462. The minimum atomic E-state index is -4.48. The van der Waals surface area contributed by atoms with E-state index in [9.17, 15) is 22.8 Å². The van der Waals surface area contributed by atoms with E-state index in [0.29, 0.717) is 10.6 Å². The van der Waals surface area contributed by atoms with Crippen molar-refractivity contribution in [3.05, 3.63) is 18.3 Å². The summed E-state index contributed by atoms with van der Waals surface area (Å²) in [5.74, 6) is -1.87. The Balaban J connectivity index is 2.01. The molecule has 0 radical (unpaired) electrons. The van der Waals surface area contributed by atoms with Gasteiger partial charge in [0.15, 0.2) is 0 Å². The maximum Gasteiger partial charge on any atom is 0.406 e. The molecule has 0 unspecified atom stereocenters. The van der Waals surface area contributed by atoms with Gasteiger partial charge in [-0.15, -0.1) is 0 Å². The number of nitrogens with zero attached hydrogens (tertiary/aromatic N) is 2. The first kappa shape index (κ1) is 16.1. The number of hydrogen-bond acceptors (Lipinski definition) is 4. The highest BCUT2D eigenvalue weighted by atomic mass is 19.4. The van der Waals surface area contributed by atoms with Gasteiger partial charge in [-0.25, -0.2) is 4.98 Å². The molecule has 0 aromatic carbocycles. The molecule has 0 spiro atoms. The molecule has 6 nitrogen and oxygen atoms in total. The molecule has 2 rings (SSSR count). The number of nitrogens with one attached hydrogen (secondary N) is 1. The smallest absolute Gasteiger partial charge is 0.406 e. The van der Waals surface area contributed by atoms with Crippen LogP contribution in [0.2, 0.25) is 0 Å². The molecule has 22 heavy (non-hydrogen) atoms. The number of pyridine rings is 1. The van der Waals surface area contributed by atoms with Gasteiger partial charge in [-0.3, -0.25) is 9.59 Å². The van der Waals surface area contributed by atoms with Crippen molar-refractivity contribution >= 4 is 17.5 Å². The molecule has 1 atom stereocenters. The molecular weight excluding hydrogens is 303 g/mol. The topological polar surface area (TPSA) is 71.5 Å². The Morgan fingerprint density at radius 3 is 2.91 bits per heavy atom. The van der Waals surface area contributed by atoms with Crippen LogP contribution < -0.4 is 10.1 Å². The van der Waals surface area contributed by atoms with E-state index >= 15 is 0 Å². The lowest BCUT2D eigenvalue weighted by Crippen LogP contribution is -2.36. The van der Waals surface area contributed by atoms with E-state index in [2.05, 4.69) is 10.3 Å². The second-order valence-electron chi connectivity index (χ2n) is 4.84. The van der Waals surface area contributed by atoms with Gasteiger partial charge in [0.2, 0.25) is 17.7 Å². The Hall–Kier alpha value is -2.32. The molecule has 0 saturated carbocycles. The number of carbonyl (C=O) groups excluding carboxylic acids is 2. The van der Waals surface area contributed by atoms with Gasteiger partial charge in [-0.2, -0.15) is 13.2 Å². The monoisotopic (exact) mass is 317 g/mol. The summed E-state index contributed by atoms with van der Waals surface area (Å²) in [6.07, 6.45) is -3.25. The van der Waals surface area contributed by atoms with Crippen molar-refractivity contribution < 1.29 is 27.5 Å². The Labute approximate surface area is 124 Å². The highest BCUT2D eigenvalue weighted by molar-refractivity contribution is 5.97. The lowest BCUT2D eigenvalue weighted by Gasteiger charge is -2.18. The first-order valence-electron chi connectivity index (χ1n) is 6.44. The number of amides is 2. The number of rotatable bonds is 4. The molecule has 0 bridgehead atoms. The molecule has 2 amide bonds. The summed E-state index contributed by atoms with van der Waals surface area (Å²) in [5, 5.41) is 2.52. The van der Waals surface area contributed by atoms with Crippen LogP contribution >= 0.6 is 0 Å². The number of hydrogen-bond donors (Lipinski definition) is 1. The van der Waals surface area contributed by atoms with Gasteiger partial charge in [0.05, 0.1) is 13.0 Å². The van der Waals surface area contributed by atoms with Gasteiger partial charge < -0.3 is 15.0 Å². The van der Waals surface area contributed by atoms with Crippen LogP contribution in [0.25, 0.3) is 0 Å². The van der Waals surface area contributed by atoms with Gasteiger partial charge in [0, 0.05) is 19.2 Å². The van der Waals surface area contributed by atoms with Gasteiger partial charge in [-0.05, 0) is 12.1 Å². The summed E-state index contributed by atoms with van der Waals surface area (Å²) in [6.45, 7) is -1.60. The second kappa shape index (κ2) is 6.20. The SMILES string of the molecule is COc1ncccc1NC(=O)[C@@H]1CC(=O)N(CC(F)(F)F)C1. The summed E-state index contributed by atoms with van der Waals surface area (Å²) in [6, 6.07) is 3.13. The number of likely N-dealkylation sites (tertiary alicyclic amines) is 1. The second-order valence-corrected chi connectivity index (χ2v) is 4.84. The van der Waals surface area contributed by atoms with Crippen LogP contribution in [0.5, 0.6) is 5.88 Å². The van der Waals surface area contributed by atoms with Crippen molar-refractivity contribution in [2.75, 3.05) is 25.5 Å². The zero-order valence-electron chi connectivity index (χ0n) is 11.7. The lowest BCUT2D eigenvalue weighted by molar-refractivity contribution is -0.157. The largest absolute Gasteiger partial charge is 0.480 e. The third-order valence-electron chi connectivity index (χ3n) is 3.18.